The molecule has 5 heteroatoms. The lowest BCUT2D eigenvalue weighted by Gasteiger charge is -2.11. The molecule has 1 rings (SSSR count). The maximum Gasteiger partial charge on any atom is 0.232 e. The Kier molecular flexibility index (Phi) is 5.28. The van der Waals surface area contributed by atoms with Crippen molar-refractivity contribution in [3.63, 3.8) is 0 Å². The molecule has 0 aromatic heterocycles. The van der Waals surface area contributed by atoms with Gasteiger partial charge in [0.05, 0.1) is 12.4 Å². The number of unbranched alkanes of at least 4 members (excludes halogenated alkanes) is 1. The smallest absolute Gasteiger partial charge is 0.232 e. The monoisotopic (exact) mass is 276 g/mol. The molecule has 0 aliphatic carbocycles. The second-order valence-corrected chi connectivity index (χ2v) is 6.92. The predicted molar refractivity (Wildman–Crippen MR) is 70.3 cm³/mol. The fourth-order valence-electron chi connectivity index (χ4n) is 1.58. The molecule has 0 radical (unpaired) electrons. The summed E-state index contributed by atoms with van der Waals surface area (Å²) < 4.78 is 27.0. The Morgan fingerprint density at radius 1 is 1.18 bits per heavy atom. The van der Waals surface area contributed by atoms with Gasteiger partial charge in [0.15, 0.2) is 0 Å². The van der Waals surface area contributed by atoms with Crippen LogP contribution in [0.3, 0.4) is 0 Å². The summed E-state index contributed by atoms with van der Waals surface area (Å²) >= 11 is 0. The van der Waals surface area contributed by atoms with E-state index in [1.54, 1.807) is 0 Å². The molecule has 0 heterocycles. The van der Waals surface area contributed by atoms with Crippen molar-refractivity contribution in [2.45, 2.75) is 26.7 Å². The molecule has 0 atom stereocenters. The number of benzene rings is 1. The first-order valence-electron chi connectivity index (χ1n) is 5.51. The Morgan fingerprint density at radius 3 is 2.29 bits per heavy atom. The van der Waals surface area contributed by atoms with E-state index < -0.39 is 9.05 Å². The van der Waals surface area contributed by atoms with Gasteiger partial charge in [0, 0.05) is 10.7 Å². The molecule has 1 aromatic rings. The number of para-hydroxylation sites is 1. The van der Waals surface area contributed by atoms with E-state index >= 15 is 0 Å². The largest absolute Gasteiger partial charge is 0.493 e. The van der Waals surface area contributed by atoms with Crippen molar-refractivity contribution in [2.24, 2.45) is 0 Å². The first-order chi connectivity index (χ1) is 7.90. The maximum absolute atomic E-state index is 10.7. The van der Waals surface area contributed by atoms with Gasteiger partial charge in [0.25, 0.3) is 0 Å². The molecule has 0 amide bonds. The minimum atomic E-state index is -3.37. The van der Waals surface area contributed by atoms with Crippen molar-refractivity contribution in [1.29, 1.82) is 0 Å². The van der Waals surface area contributed by atoms with E-state index in [1.165, 1.54) is 0 Å². The van der Waals surface area contributed by atoms with Crippen LogP contribution in [-0.4, -0.2) is 20.8 Å². The average Bonchev–Trinajstić information content (AvgIpc) is 2.20. The Morgan fingerprint density at radius 2 is 1.76 bits per heavy atom. The summed E-state index contributed by atoms with van der Waals surface area (Å²) in [7, 11) is 1.74. The highest BCUT2D eigenvalue weighted by Gasteiger charge is 2.05. The molecule has 0 bridgehead atoms. The van der Waals surface area contributed by atoms with Crippen LogP contribution in [0.15, 0.2) is 18.2 Å². The molecular formula is C12H17ClO3S. The topological polar surface area (TPSA) is 43.4 Å². The van der Waals surface area contributed by atoms with E-state index in [4.69, 9.17) is 15.4 Å². The molecule has 0 saturated carbocycles. The molecule has 96 valence electrons. The maximum atomic E-state index is 10.7. The minimum absolute atomic E-state index is 0.00463. The molecule has 0 fully saturated rings. The minimum Gasteiger partial charge on any atom is -0.493 e. The summed E-state index contributed by atoms with van der Waals surface area (Å²) in [6.45, 7) is 4.50. The zero-order chi connectivity index (χ0) is 12.9. The third-order valence-electron chi connectivity index (χ3n) is 2.44. The van der Waals surface area contributed by atoms with E-state index in [2.05, 4.69) is 0 Å². The van der Waals surface area contributed by atoms with Crippen LogP contribution < -0.4 is 4.74 Å². The number of hydrogen-bond donors (Lipinski definition) is 0. The zero-order valence-corrected chi connectivity index (χ0v) is 11.6. The van der Waals surface area contributed by atoms with Crippen LogP contribution in [0.4, 0.5) is 0 Å². The molecule has 0 aliphatic heterocycles. The van der Waals surface area contributed by atoms with E-state index in [1.807, 2.05) is 32.0 Å². The van der Waals surface area contributed by atoms with E-state index in [-0.39, 0.29) is 5.75 Å². The van der Waals surface area contributed by atoms with Crippen molar-refractivity contribution < 1.29 is 13.2 Å². The Bertz CT molecular complexity index is 448. The van der Waals surface area contributed by atoms with Crippen molar-refractivity contribution in [2.75, 3.05) is 12.4 Å². The SMILES string of the molecule is Cc1cccc(C)c1OCCCCS(=O)(=O)Cl. The summed E-state index contributed by atoms with van der Waals surface area (Å²) in [4.78, 5) is 0. The molecular weight excluding hydrogens is 260 g/mol. The summed E-state index contributed by atoms with van der Waals surface area (Å²) in [5.74, 6) is 0.895. The third kappa shape index (κ3) is 5.41. The number of aryl methyl sites for hydroxylation is 2. The second-order valence-electron chi connectivity index (χ2n) is 4.02. The second kappa shape index (κ2) is 6.26. The first kappa shape index (κ1) is 14.3. The molecule has 0 spiro atoms. The van der Waals surface area contributed by atoms with Crippen molar-refractivity contribution >= 4 is 19.7 Å². The predicted octanol–water partition coefficient (Wildman–Crippen LogP) is 3.03. The number of ether oxygens (including phenoxy) is 1. The summed E-state index contributed by atoms with van der Waals surface area (Å²) in [6, 6.07) is 5.97. The van der Waals surface area contributed by atoms with Gasteiger partial charge < -0.3 is 4.74 Å². The molecule has 0 N–H and O–H groups in total. The van der Waals surface area contributed by atoms with Gasteiger partial charge in [-0.2, -0.15) is 0 Å². The Balaban J connectivity index is 2.37. The number of halogens is 1. The molecule has 1 aromatic carbocycles. The third-order valence-corrected chi connectivity index (χ3v) is 3.68. The van der Waals surface area contributed by atoms with E-state index in [0.717, 1.165) is 16.9 Å². The van der Waals surface area contributed by atoms with Gasteiger partial charge in [-0.1, -0.05) is 18.2 Å². The number of hydrogen-bond acceptors (Lipinski definition) is 3. The van der Waals surface area contributed by atoms with Crippen LogP contribution in [0.25, 0.3) is 0 Å². The summed E-state index contributed by atoms with van der Waals surface area (Å²) in [5.41, 5.74) is 2.19. The normalized spacial score (nSPS) is 11.5. The standard InChI is InChI=1S/C12H17ClO3S/c1-10-6-5-7-11(2)12(10)16-8-3-4-9-17(13,14)15/h5-7H,3-4,8-9H2,1-2H3. The Labute approximate surface area is 107 Å². The van der Waals surface area contributed by atoms with E-state index in [0.29, 0.717) is 19.4 Å². The van der Waals surface area contributed by atoms with Crippen LogP contribution >= 0.6 is 10.7 Å². The van der Waals surface area contributed by atoms with Gasteiger partial charge >= 0.3 is 0 Å². The van der Waals surface area contributed by atoms with Gasteiger partial charge in [0.2, 0.25) is 9.05 Å². The fraction of sp³-hybridized carbons (Fsp3) is 0.500. The lowest BCUT2D eigenvalue weighted by Crippen LogP contribution is -2.04. The Hall–Kier alpha value is -0.740. The first-order valence-corrected chi connectivity index (χ1v) is 7.99. The lowest BCUT2D eigenvalue weighted by atomic mass is 10.1. The molecule has 0 aliphatic rings. The van der Waals surface area contributed by atoms with Crippen LogP contribution in [0.2, 0.25) is 0 Å². The highest BCUT2D eigenvalue weighted by atomic mass is 35.7. The lowest BCUT2D eigenvalue weighted by molar-refractivity contribution is 0.305. The van der Waals surface area contributed by atoms with Crippen molar-refractivity contribution in [3.05, 3.63) is 29.3 Å². The van der Waals surface area contributed by atoms with Gasteiger partial charge in [-0.25, -0.2) is 8.42 Å². The summed E-state index contributed by atoms with van der Waals surface area (Å²) in [6.07, 6.45) is 1.20. The van der Waals surface area contributed by atoms with Crippen LogP contribution in [0, 0.1) is 13.8 Å². The molecule has 0 saturated heterocycles. The zero-order valence-electron chi connectivity index (χ0n) is 10.1. The molecule has 3 nitrogen and oxygen atoms in total. The molecule has 17 heavy (non-hydrogen) atoms. The molecule has 0 unspecified atom stereocenters. The number of rotatable bonds is 6. The van der Waals surface area contributed by atoms with Crippen LogP contribution in [-0.2, 0) is 9.05 Å². The van der Waals surface area contributed by atoms with Crippen LogP contribution in [0.1, 0.15) is 24.0 Å². The highest BCUT2D eigenvalue weighted by Crippen LogP contribution is 2.22. The fourth-order valence-corrected chi connectivity index (χ4v) is 2.45. The van der Waals surface area contributed by atoms with Crippen molar-refractivity contribution in [1.82, 2.24) is 0 Å². The van der Waals surface area contributed by atoms with E-state index in [9.17, 15) is 8.42 Å². The van der Waals surface area contributed by atoms with Gasteiger partial charge in [-0.15, -0.1) is 0 Å². The highest BCUT2D eigenvalue weighted by molar-refractivity contribution is 8.13. The average molecular weight is 277 g/mol. The summed E-state index contributed by atoms with van der Waals surface area (Å²) in [5, 5.41) is 0. The van der Waals surface area contributed by atoms with Gasteiger partial charge in [-0.05, 0) is 37.8 Å². The van der Waals surface area contributed by atoms with Gasteiger partial charge in [-0.3, -0.25) is 0 Å². The van der Waals surface area contributed by atoms with Crippen LogP contribution in [0.5, 0.6) is 5.75 Å². The van der Waals surface area contributed by atoms with Crippen molar-refractivity contribution in [3.8, 4) is 5.75 Å². The van der Waals surface area contributed by atoms with Gasteiger partial charge in [0.1, 0.15) is 5.75 Å². The quantitative estimate of drug-likeness (QED) is 0.592.